The van der Waals surface area contributed by atoms with Crippen molar-refractivity contribution in [3.8, 4) is 5.69 Å². The molecule has 0 unspecified atom stereocenters. The highest BCUT2D eigenvalue weighted by atomic mass is 35.5. The van der Waals surface area contributed by atoms with E-state index in [1.807, 2.05) is 0 Å². The zero-order valence-electron chi connectivity index (χ0n) is 12.9. The van der Waals surface area contributed by atoms with Crippen LogP contribution in [0.25, 0.3) is 5.69 Å². The summed E-state index contributed by atoms with van der Waals surface area (Å²) < 4.78 is 18.0. The molecule has 0 saturated heterocycles. The van der Waals surface area contributed by atoms with E-state index in [1.165, 1.54) is 23.1 Å². The van der Waals surface area contributed by atoms with Crippen molar-refractivity contribution in [2.45, 2.75) is 25.3 Å². The van der Waals surface area contributed by atoms with Gasteiger partial charge in [-0.3, -0.25) is 4.57 Å². The van der Waals surface area contributed by atoms with E-state index in [2.05, 4.69) is 15.2 Å². The third kappa shape index (κ3) is 2.34. The summed E-state index contributed by atoms with van der Waals surface area (Å²) in [4.78, 5) is 16.5. The largest absolute Gasteiger partial charge is 0.345 e. The van der Waals surface area contributed by atoms with Crippen LogP contribution in [0.1, 0.15) is 24.0 Å². The van der Waals surface area contributed by atoms with Crippen molar-refractivity contribution in [2.75, 3.05) is 0 Å². The summed E-state index contributed by atoms with van der Waals surface area (Å²) in [6.45, 7) is 0.496. The molecule has 1 aromatic carbocycles. The Bertz CT molecular complexity index is 975. The second-order valence-corrected chi connectivity index (χ2v) is 6.20. The van der Waals surface area contributed by atoms with Gasteiger partial charge in [0.15, 0.2) is 0 Å². The number of benzene rings is 1. The van der Waals surface area contributed by atoms with Gasteiger partial charge in [-0.05, 0) is 24.6 Å². The SMILES string of the molecule is Cn1nc2n(c1=O)C[C@@H](c1ncnn1-c1ccc(F)c(Cl)c1)CC2. The maximum Gasteiger partial charge on any atom is 0.345 e. The van der Waals surface area contributed by atoms with Crippen LogP contribution in [0.2, 0.25) is 5.02 Å². The molecule has 1 aliphatic rings. The topological polar surface area (TPSA) is 70.5 Å². The number of aryl methyl sites for hydroxylation is 2. The lowest BCUT2D eigenvalue weighted by Crippen LogP contribution is -2.30. The molecular weight excluding hydrogens is 335 g/mol. The van der Waals surface area contributed by atoms with Gasteiger partial charge in [0, 0.05) is 25.9 Å². The number of hydrogen-bond acceptors (Lipinski definition) is 4. The second-order valence-electron chi connectivity index (χ2n) is 5.80. The Hall–Kier alpha value is -2.48. The lowest BCUT2D eigenvalue weighted by Gasteiger charge is -2.22. The Morgan fingerprint density at radius 1 is 1.38 bits per heavy atom. The lowest BCUT2D eigenvalue weighted by atomic mass is 9.98. The van der Waals surface area contributed by atoms with Crippen LogP contribution in [-0.2, 0) is 20.0 Å². The number of nitrogens with zero attached hydrogens (tertiary/aromatic N) is 6. The lowest BCUT2D eigenvalue weighted by molar-refractivity contribution is 0.426. The summed E-state index contributed by atoms with van der Waals surface area (Å²) in [5.41, 5.74) is 0.504. The molecular formula is C15H14ClFN6O. The molecule has 0 bridgehead atoms. The van der Waals surface area contributed by atoms with E-state index in [4.69, 9.17) is 11.6 Å². The highest BCUT2D eigenvalue weighted by Gasteiger charge is 2.27. The molecule has 2 aromatic heterocycles. The minimum Gasteiger partial charge on any atom is -0.278 e. The monoisotopic (exact) mass is 348 g/mol. The Balaban J connectivity index is 1.72. The number of halogens is 2. The number of aromatic nitrogens is 6. The summed E-state index contributed by atoms with van der Waals surface area (Å²) in [5, 5.41) is 8.50. The molecule has 1 aliphatic heterocycles. The molecule has 0 spiro atoms. The van der Waals surface area contributed by atoms with Crippen molar-refractivity contribution >= 4 is 11.6 Å². The fourth-order valence-corrected chi connectivity index (χ4v) is 3.27. The van der Waals surface area contributed by atoms with Crippen molar-refractivity contribution < 1.29 is 4.39 Å². The zero-order chi connectivity index (χ0) is 16.8. The number of rotatable bonds is 2. The maximum absolute atomic E-state index is 13.4. The normalized spacial score (nSPS) is 17.0. The van der Waals surface area contributed by atoms with E-state index in [0.717, 1.165) is 18.1 Å². The van der Waals surface area contributed by atoms with Gasteiger partial charge >= 0.3 is 5.69 Å². The van der Waals surface area contributed by atoms with E-state index in [-0.39, 0.29) is 16.6 Å². The summed E-state index contributed by atoms with van der Waals surface area (Å²) in [6.07, 6.45) is 2.95. The minimum atomic E-state index is -0.480. The molecule has 0 amide bonds. The van der Waals surface area contributed by atoms with Crippen LogP contribution in [0.15, 0.2) is 29.3 Å². The van der Waals surface area contributed by atoms with E-state index < -0.39 is 5.82 Å². The number of hydrogen-bond donors (Lipinski definition) is 0. The summed E-state index contributed by atoms with van der Waals surface area (Å²) in [5.74, 6) is 1.05. The molecule has 24 heavy (non-hydrogen) atoms. The molecule has 0 radical (unpaired) electrons. The Morgan fingerprint density at radius 3 is 3.00 bits per heavy atom. The van der Waals surface area contributed by atoms with Crippen LogP contribution >= 0.6 is 11.6 Å². The number of fused-ring (bicyclic) bond motifs is 1. The van der Waals surface area contributed by atoms with Crippen molar-refractivity contribution in [3.63, 3.8) is 0 Å². The molecule has 3 aromatic rings. The fourth-order valence-electron chi connectivity index (χ4n) is 3.09. The van der Waals surface area contributed by atoms with Gasteiger partial charge in [0.05, 0.1) is 10.7 Å². The third-order valence-electron chi connectivity index (χ3n) is 4.29. The molecule has 0 saturated carbocycles. The Kier molecular flexibility index (Phi) is 3.49. The van der Waals surface area contributed by atoms with Gasteiger partial charge in [0.2, 0.25) is 0 Å². The Morgan fingerprint density at radius 2 is 2.21 bits per heavy atom. The van der Waals surface area contributed by atoms with E-state index >= 15 is 0 Å². The third-order valence-corrected chi connectivity index (χ3v) is 4.58. The van der Waals surface area contributed by atoms with E-state index in [1.54, 1.807) is 22.4 Å². The van der Waals surface area contributed by atoms with Gasteiger partial charge in [-0.15, -0.1) is 0 Å². The first-order valence-corrected chi connectivity index (χ1v) is 7.90. The maximum atomic E-state index is 13.4. The highest BCUT2D eigenvalue weighted by molar-refractivity contribution is 6.30. The van der Waals surface area contributed by atoms with Gasteiger partial charge in [-0.2, -0.15) is 10.2 Å². The molecule has 0 N–H and O–H groups in total. The van der Waals surface area contributed by atoms with Crippen molar-refractivity contribution in [1.29, 1.82) is 0 Å². The fraction of sp³-hybridized carbons (Fsp3) is 0.333. The Labute approximate surface area is 141 Å². The molecule has 124 valence electrons. The van der Waals surface area contributed by atoms with Crippen LogP contribution in [0.5, 0.6) is 0 Å². The predicted octanol–water partition coefficient (Wildman–Crippen LogP) is 1.68. The molecule has 4 rings (SSSR count). The minimum absolute atomic E-state index is 0.0192. The summed E-state index contributed by atoms with van der Waals surface area (Å²) in [6, 6.07) is 4.41. The highest BCUT2D eigenvalue weighted by Crippen LogP contribution is 2.28. The molecule has 9 heteroatoms. The van der Waals surface area contributed by atoms with E-state index in [0.29, 0.717) is 18.7 Å². The van der Waals surface area contributed by atoms with E-state index in [9.17, 15) is 9.18 Å². The van der Waals surface area contributed by atoms with Gasteiger partial charge in [0.25, 0.3) is 0 Å². The van der Waals surface area contributed by atoms with Crippen molar-refractivity contribution in [3.05, 3.63) is 57.5 Å². The summed E-state index contributed by atoms with van der Waals surface area (Å²) in [7, 11) is 1.64. The zero-order valence-corrected chi connectivity index (χ0v) is 13.6. The molecule has 7 nitrogen and oxygen atoms in total. The van der Waals surface area contributed by atoms with Gasteiger partial charge in [-0.1, -0.05) is 11.6 Å². The van der Waals surface area contributed by atoms with Crippen LogP contribution in [-0.4, -0.2) is 29.1 Å². The molecule has 3 heterocycles. The quantitative estimate of drug-likeness (QED) is 0.706. The van der Waals surface area contributed by atoms with Crippen molar-refractivity contribution in [2.24, 2.45) is 7.05 Å². The van der Waals surface area contributed by atoms with Crippen LogP contribution in [0.3, 0.4) is 0 Å². The van der Waals surface area contributed by atoms with Crippen LogP contribution in [0, 0.1) is 5.82 Å². The average molecular weight is 349 g/mol. The van der Waals surface area contributed by atoms with Crippen LogP contribution < -0.4 is 5.69 Å². The van der Waals surface area contributed by atoms with Crippen molar-refractivity contribution in [1.82, 2.24) is 29.1 Å². The second kappa shape index (κ2) is 5.55. The first kappa shape index (κ1) is 15.1. The average Bonchev–Trinajstić information content (AvgIpc) is 3.16. The summed E-state index contributed by atoms with van der Waals surface area (Å²) >= 11 is 5.87. The molecule has 1 atom stereocenters. The van der Waals surface area contributed by atoms with Gasteiger partial charge < -0.3 is 0 Å². The standard InChI is InChI=1S/C15H14ClFN6O/c1-21-15(24)22-7-9(2-5-13(22)20-21)14-18-8-19-23(14)10-3-4-12(17)11(16)6-10/h3-4,6,8-9H,2,5,7H2,1H3/t9-/m0/s1. The first-order chi connectivity index (χ1) is 11.5. The predicted molar refractivity (Wildman–Crippen MR) is 84.9 cm³/mol. The van der Waals surface area contributed by atoms with Crippen LogP contribution in [0.4, 0.5) is 4.39 Å². The molecule has 0 fully saturated rings. The van der Waals surface area contributed by atoms with Gasteiger partial charge in [0.1, 0.15) is 23.8 Å². The molecule has 0 aliphatic carbocycles. The van der Waals surface area contributed by atoms with Gasteiger partial charge in [-0.25, -0.2) is 23.5 Å². The smallest absolute Gasteiger partial charge is 0.278 e. The first-order valence-electron chi connectivity index (χ1n) is 7.52.